The Labute approximate surface area is 120 Å². The molecule has 0 saturated carbocycles. The largest absolute Gasteiger partial charge is 0.326 e. The van der Waals surface area contributed by atoms with E-state index in [2.05, 4.69) is 15.3 Å². The van der Waals surface area contributed by atoms with E-state index in [1.165, 1.54) is 0 Å². The maximum Gasteiger partial charge on any atom is 0.226 e. The van der Waals surface area contributed by atoms with Crippen LogP contribution in [-0.2, 0) is 4.79 Å². The van der Waals surface area contributed by atoms with Crippen molar-refractivity contribution in [3.8, 4) is 0 Å². The molecule has 0 bridgehead atoms. The van der Waals surface area contributed by atoms with Gasteiger partial charge in [0.1, 0.15) is 10.7 Å². The number of aromatic nitrogens is 1. The SMILES string of the molecule is Cc1csc(C2=c3cc(NC(=O)C(C)C)ccc3=N2)n1. The predicted octanol–water partition coefficient (Wildman–Crippen LogP) is 1.84. The number of carbonyl (C=O) groups is 1. The summed E-state index contributed by atoms with van der Waals surface area (Å²) in [5.74, 6) is -0.0105. The Hall–Kier alpha value is -2.01. The number of aryl methyl sites for hydroxylation is 1. The third-order valence-corrected chi connectivity index (χ3v) is 4.06. The Balaban J connectivity index is 1.97. The Kier molecular flexibility index (Phi) is 3.14. The van der Waals surface area contributed by atoms with Crippen molar-refractivity contribution in [1.82, 2.24) is 4.98 Å². The summed E-state index contributed by atoms with van der Waals surface area (Å²) in [5, 5.41) is 7.87. The zero-order chi connectivity index (χ0) is 14.3. The van der Waals surface area contributed by atoms with E-state index >= 15 is 0 Å². The molecular weight excluding hydrogens is 270 g/mol. The van der Waals surface area contributed by atoms with Crippen molar-refractivity contribution in [2.24, 2.45) is 10.9 Å². The lowest BCUT2D eigenvalue weighted by molar-refractivity contribution is -0.118. The summed E-state index contributed by atoms with van der Waals surface area (Å²) >= 11 is 1.59. The maximum absolute atomic E-state index is 11.7. The van der Waals surface area contributed by atoms with Crippen molar-refractivity contribution in [3.63, 3.8) is 0 Å². The number of amides is 1. The fourth-order valence-electron chi connectivity index (χ4n) is 1.94. The second-order valence-corrected chi connectivity index (χ2v) is 5.99. The molecule has 0 atom stereocenters. The van der Waals surface area contributed by atoms with Gasteiger partial charge in [-0.3, -0.25) is 4.79 Å². The van der Waals surface area contributed by atoms with Crippen molar-refractivity contribution < 1.29 is 4.79 Å². The number of rotatable bonds is 3. The monoisotopic (exact) mass is 285 g/mol. The van der Waals surface area contributed by atoms with Crippen LogP contribution in [0.4, 0.5) is 5.69 Å². The van der Waals surface area contributed by atoms with Crippen LogP contribution in [0.1, 0.15) is 24.5 Å². The Bertz CT molecular complexity index is 805. The molecule has 2 aromatic rings. The number of nitrogens with zero attached hydrogens (tertiary/aromatic N) is 2. The standard InChI is InChI=1S/C15H15N3OS/c1-8(2)14(19)17-10-4-5-12-11(6-10)13(18-12)15-16-9(3)7-20-15/h4-8H,1-3H3,(H,17,19). The van der Waals surface area contributed by atoms with Crippen LogP contribution in [0.25, 0.3) is 5.70 Å². The molecule has 0 radical (unpaired) electrons. The van der Waals surface area contributed by atoms with Gasteiger partial charge in [0.25, 0.3) is 0 Å². The second kappa shape index (κ2) is 4.83. The van der Waals surface area contributed by atoms with E-state index in [0.717, 1.165) is 32.7 Å². The van der Waals surface area contributed by atoms with Crippen LogP contribution in [0.2, 0.25) is 0 Å². The van der Waals surface area contributed by atoms with Crippen LogP contribution in [-0.4, -0.2) is 10.9 Å². The highest BCUT2D eigenvalue weighted by atomic mass is 32.1. The van der Waals surface area contributed by atoms with Crippen molar-refractivity contribution in [1.29, 1.82) is 0 Å². The van der Waals surface area contributed by atoms with E-state index in [1.807, 2.05) is 44.4 Å². The minimum absolute atomic E-state index is 0.0212. The van der Waals surface area contributed by atoms with Crippen LogP contribution >= 0.6 is 11.3 Å². The smallest absolute Gasteiger partial charge is 0.226 e. The normalized spacial score (nSPS) is 12.7. The molecule has 1 aromatic heterocycles. The summed E-state index contributed by atoms with van der Waals surface area (Å²) in [7, 11) is 0. The third kappa shape index (κ3) is 2.25. The molecule has 1 N–H and O–H groups in total. The van der Waals surface area contributed by atoms with Gasteiger partial charge in [-0.05, 0) is 25.1 Å². The van der Waals surface area contributed by atoms with E-state index in [9.17, 15) is 4.79 Å². The van der Waals surface area contributed by atoms with Crippen LogP contribution < -0.4 is 15.9 Å². The van der Waals surface area contributed by atoms with Gasteiger partial charge in [-0.2, -0.15) is 0 Å². The molecule has 1 aliphatic rings. The Morgan fingerprint density at radius 2 is 2.15 bits per heavy atom. The van der Waals surface area contributed by atoms with Crippen LogP contribution in [0.3, 0.4) is 0 Å². The summed E-state index contributed by atoms with van der Waals surface area (Å²) in [6.07, 6.45) is 0. The lowest BCUT2D eigenvalue weighted by atomic mass is 10.1. The van der Waals surface area contributed by atoms with Crippen LogP contribution in [0.15, 0.2) is 28.6 Å². The number of fused-ring (bicyclic) bond motifs is 1. The highest BCUT2D eigenvalue weighted by molar-refractivity contribution is 7.10. The number of benzene rings is 1. The van der Waals surface area contributed by atoms with E-state index in [4.69, 9.17) is 0 Å². The van der Waals surface area contributed by atoms with Crippen molar-refractivity contribution in [2.45, 2.75) is 20.8 Å². The topological polar surface area (TPSA) is 54.4 Å². The third-order valence-electron chi connectivity index (χ3n) is 3.10. The summed E-state index contributed by atoms with van der Waals surface area (Å²) in [6.45, 7) is 5.73. The first-order valence-electron chi connectivity index (χ1n) is 6.51. The van der Waals surface area contributed by atoms with Crippen LogP contribution in [0.5, 0.6) is 0 Å². The summed E-state index contributed by atoms with van der Waals surface area (Å²) in [4.78, 5) is 20.7. The molecule has 1 amide bonds. The van der Waals surface area contributed by atoms with E-state index in [-0.39, 0.29) is 11.8 Å². The molecule has 1 aliphatic heterocycles. The zero-order valence-corrected chi connectivity index (χ0v) is 12.4. The number of nitrogens with one attached hydrogen (secondary N) is 1. The highest BCUT2D eigenvalue weighted by Crippen LogP contribution is 2.19. The highest BCUT2D eigenvalue weighted by Gasteiger charge is 2.15. The molecular formula is C15H15N3OS. The van der Waals surface area contributed by atoms with Gasteiger partial charge in [-0.1, -0.05) is 13.8 Å². The molecule has 4 nitrogen and oxygen atoms in total. The van der Waals surface area contributed by atoms with Gasteiger partial charge < -0.3 is 5.32 Å². The number of carbonyl (C=O) groups excluding carboxylic acids is 1. The Morgan fingerprint density at radius 1 is 1.35 bits per heavy atom. The van der Waals surface area contributed by atoms with Crippen molar-refractivity contribution in [3.05, 3.63) is 44.9 Å². The van der Waals surface area contributed by atoms with Gasteiger partial charge in [-0.15, -0.1) is 11.3 Å². The number of hydrogen-bond donors (Lipinski definition) is 1. The first kappa shape index (κ1) is 13.0. The quantitative estimate of drug-likeness (QED) is 0.935. The Morgan fingerprint density at radius 3 is 2.80 bits per heavy atom. The van der Waals surface area contributed by atoms with Gasteiger partial charge >= 0.3 is 0 Å². The number of thiazole rings is 1. The summed E-state index contributed by atoms with van der Waals surface area (Å²) < 4.78 is 0. The molecule has 1 aromatic carbocycles. The van der Waals surface area contributed by atoms with Gasteiger partial charge in [0, 0.05) is 27.9 Å². The van der Waals surface area contributed by atoms with Crippen LogP contribution in [0, 0.1) is 12.8 Å². The lowest BCUT2D eigenvalue weighted by Crippen LogP contribution is -2.35. The second-order valence-electron chi connectivity index (χ2n) is 5.13. The van der Waals surface area contributed by atoms with Gasteiger partial charge in [-0.25, -0.2) is 9.98 Å². The van der Waals surface area contributed by atoms with Gasteiger partial charge in [0.15, 0.2) is 0 Å². The molecule has 0 spiro atoms. The van der Waals surface area contributed by atoms with Crippen molar-refractivity contribution >= 4 is 28.6 Å². The van der Waals surface area contributed by atoms with E-state index in [0.29, 0.717) is 0 Å². The number of hydrogen-bond acceptors (Lipinski definition) is 4. The molecule has 5 heteroatoms. The fourth-order valence-corrected chi connectivity index (χ4v) is 2.74. The molecule has 102 valence electrons. The first-order valence-corrected chi connectivity index (χ1v) is 7.39. The van der Waals surface area contributed by atoms with Gasteiger partial charge in [0.2, 0.25) is 5.91 Å². The molecule has 0 unspecified atom stereocenters. The molecule has 0 saturated heterocycles. The minimum Gasteiger partial charge on any atom is -0.326 e. The molecule has 0 fully saturated rings. The average Bonchev–Trinajstić information content (AvgIpc) is 2.79. The predicted molar refractivity (Wildman–Crippen MR) is 80.1 cm³/mol. The number of anilines is 1. The maximum atomic E-state index is 11.7. The average molecular weight is 285 g/mol. The summed E-state index contributed by atoms with van der Waals surface area (Å²) in [6, 6.07) is 5.77. The van der Waals surface area contributed by atoms with Crippen molar-refractivity contribution in [2.75, 3.05) is 5.32 Å². The molecule has 20 heavy (non-hydrogen) atoms. The molecule has 2 heterocycles. The van der Waals surface area contributed by atoms with Gasteiger partial charge in [0.05, 0.1) is 5.36 Å². The lowest BCUT2D eigenvalue weighted by Gasteiger charge is -2.11. The summed E-state index contributed by atoms with van der Waals surface area (Å²) in [5.41, 5.74) is 2.73. The first-order chi connectivity index (χ1) is 9.54. The molecule has 0 aliphatic carbocycles. The van der Waals surface area contributed by atoms with E-state index in [1.54, 1.807) is 11.3 Å². The van der Waals surface area contributed by atoms with E-state index < -0.39 is 0 Å². The minimum atomic E-state index is -0.0317. The molecule has 3 rings (SSSR count). The fraction of sp³-hybridized carbons (Fsp3) is 0.267. The zero-order valence-electron chi connectivity index (χ0n) is 11.6.